The average molecular weight is 497 g/mol. The van der Waals surface area contributed by atoms with Gasteiger partial charge in [0, 0.05) is 24.7 Å². The number of imidazole rings is 1. The fourth-order valence-electron chi connectivity index (χ4n) is 3.01. The number of hydrogen-bond donors (Lipinski definition) is 8. The predicted molar refractivity (Wildman–Crippen MR) is 121 cm³/mol. The van der Waals surface area contributed by atoms with Crippen molar-refractivity contribution in [2.24, 2.45) is 23.1 Å². The largest absolute Gasteiger partial charge is 0.480 e. The van der Waals surface area contributed by atoms with E-state index in [0.29, 0.717) is 5.69 Å². The van der Waals surface area contributed by atoms with Crippen molar-refractivity contribution in [2.75, 3.05) is 0 Å². The number of nitrogens with zero attached hydrogens (tertiary/aromatic N) is 1. The monoisotopic (exact) mass is 496 g/mol. The first kappa shape index (κ1) is 29.0. The highest BCUT2D eigenvalue weighted by atomic mass is 16.4. The number of aliphatic carboxylic acids is 1. The molecule has 0 fully saturated rings. The summed E-state index contributed by atoms with van der Waals surface area (Å²) in [6, 6.07) is -5.14. The maximum absolute atomic E-state index is 12.9. The number of hydrogen-bond acceptors (Lipinski definition) is 8. The lowest BCUT2D eigenvalue weighted by Crippen LogP contribution is -2.58. The Morgan fingerprint density at radius 2 is 1.60 bits per heavy atom. The third-order valence-corrected chi connectivity index (χ3v) is 4.91. The molecule has 0 saturated heterocycles. The van der Waals surface area contributed by atoms with Crippen LogP contribution < -0.4 is 33.2 Å². The van der Waals surface area contributed by atoms with Crippen molar-refractivity contribution in [1.82, 2.24) is 25.9 Å². The molecule has 0 spiro atoms. The number of aromatic amines is 1. The topological polar surface area (TPSA) is 265 Å². The Bertz CT molecular complexity index is 919. The van der Waals surface area contributed by atoms with Crippen LogP contribution in [0.2, 0.25) is 0 Å². The summed E-state index contributed by atoms with van der Waals surface area (Å²) in [6.45, 7) is 3.24. The van der Waals surface area contributed by atoms with Crippen molar-refractivity contribution in [3.63, 3.8) is 0 Å². The summed E-state index contributed by atoms with van der Waals surface area (Å²) in [4.78, 5) is 78.5. The lowest BCUT2D eigenvalue weighted by atomic mass is 10.0. The van der Waals surface area contributed by atoms with Gasteiger partial charge in [0.25, 0.3) is 0 Å². The molecule has 1 heterocycles. The maximum Gasteiger partial charge on any atom is 0.326 e. The minimum atomic E-state index is -1.36. The summed E-state index contributed by atoms with van der Waals surface area (Å²) in [5.74, 6) is -5.80. The second-order valence-corrected chi connectivity index (χ2v) is 8.25. The third-order valence-electron chi connectivity index (χ3n) is 4.91. The molecule has 0 saturated carbocycles. The molecule has 0 aliphatic rings. The number of H-pyrrole nitrogens is 1. The number of nitrogens with two attached hydrogens (primary N) is 3. The van der Waals surface area contributed by atoms with Gasteiger partial charge in [0.2, 0.25) is 29.5 Å². The molecule has 1 rings (SSSR count). The fraction of sp³-hybridized carbons (Fsp3) is 0.550. The third kappa shape index (κ3) is 10.2. The number of nitrogens with one attached hydrogen (secondary N) is 4. The SMILES string of the molecule is CC(C)C(NC(=O)C(N)CC(N)=O)C(=O)NC(CCC(N)=O)C(=O)NC(Cc1cnc[nH]1)C(=O)O. The first-order chi connectivity index (χ1) is 16.3. The summed E-state index contributed by atoms with van der Waals surface area (Å²) in [5.41, 5.74) is 16.3. The highest BCUT2D eigenvalue weighted by Crippen LogP contribution is 2.07. The molecule has 4 unspecified atom stereocenters. The van der Waals surface area contributed by atoms with Crippen molar-refractivity contribution in [3.8, 4) is 0 Å². The molecule has 35 heavy (non-hydrogen) atoms. The smallest absolute Gasteiger partial charge is 0.326 e. The minimum absolute atomic E-state index is 0.111. The van der Waals surface area contributed by atoms with Crippen molar-refractivity contribution in [2.45, 2.75) is 63.7 Å². The first-order valence-corrected chi connectivity index (χ1v) is 10.7. The highest BCUT2D eigenvalue weighted by Gasteiger charge is 2.32. The molecular formula is C20H32N8O7. The van der Waals surface area contributed by atoms with Gasteiger partial charge in [0.15, 0.2) is 0 Å². The summed E-state index contributed by atoms with van der Waals surface area (Å²) in [5, 5.41) is 16.6. The van der Waals surface area contributed by atoms with E-state index in [0.717, 1.165) is 0 Å². The van der Waals surface area contributed by atoms with Gasteiger partial charge in [-0.3, -0.25) is 24.0 Å². The van der Waals surface area contributed by atoms with E-state index in [1.54, 1.807) is 13.8 Å². The van der Waals surface area contributed by atoms with Crippen LogP contribution in [0.1, 0.15) is 38.8 Å². The Labute approximate surface area is 200 Å². The molecule has 0 radical (unpaired) electrons. The number of amides is 5. The molecule has 15 nitrogen and oxygen atoms in total. The van der Waals surface area contributed by atoms with E-state index >= 15 is 0 Å². The van der Waals surface area contributed by atoms with E-state index in [1.807, 2.05) is 0 Å². The van der Waals surface area contributed by atoms with Gasteiger partial charge < -0.3 is 43.2 Å². The zero-order valence-corrected chi connectivity index (χ0v) is 19.4. The van der Waals surface area contributed by atoms with Gasteiger partial charge in [-0.1, -0.05) is 13.8 Å². The number of aromatic nitrogens is 2. The van der Waals surface area contributed by atoms with Gasteiger partial charge in [0.05, 0.1) is 18.8 Å². The molecule has 194 valence electrons. The first-order valence-electron chi connectivity index (χ1n) is 10.7. The van der Waals surface area contributed by atoms with Crippen molar-refractivity contribution >= 4 is 35.5 Å². The number of carboxylic acid groups (broad SMARTS) is 1. The zero-order valence-electron chi connectivity index (χ0n) is 19.4. The predicted octanol–water partition coefficient (Wildman–Crippen LogP) is -3.38. The molecule has 0 aromatic carbocycles. The van der Waals surface area contributed by atoms with Crippen molar-refractivity contribution < 1.29 is 33.9 Å². The van der Waals surface area contributed by atoms with Crippen LogP contribution in [-0.4, -0.2) is 74.7 Å². The Kier molecular flexibility index (Phi) is 11.3. The minimum Gasteiger partial charge on any atom is -0.480 e. The molecule has 1 aromatic heterocycles. The Hall–Kier alpha value is -4.01. The number of primary amides is 2. The van der Waals surface area contributed by atoms with Crippen LogP contribution in [0.5, 0.6) is 0 Å². The Morgan fingerprint density at radius 3 is 2.09 bits per heavy atom. The lowest BCUT2D eigenvalue weighted by molar-refractivity contribution is -0.142. The Morgan fingerprint density at radius 1 is 0.971 bits per heavy atom. The van der Waals surface area contributed by atoms with Crippen LogP contribution in [0.4, 0.5) is 0 Å². The molecule has 1 aromatic rings. The number of rotatable bonds is 15. The summed E-state index contributed by atoms with van der Waals surface area (Å²) >= 11 is 0. The van der Waals surface area contributed by atoms with Crippen LogP contribution in [-0.2, 0) is 35.2 Å². The van der Waals surface area contributed by atoms with Gasteiger partial charge >= 0.3 is 5.97 Å². The van der Waals surface area contributed by atoms with Crippen molar-refractivity contribution in [1.29, 1.82) is 0 Å². The van der Waals surface area contributed by atoms with Crippen LogP contribution in [0.15, 0.2) is 12.5 Å². The number of carboxylic acids is 1. The molecule has 4 atom stereocenters. The number of carbonyl (C=O) groups excluding carboxylic acids is 5. The molecule has 0 aliphatic carbocycles. The number of carbonyl (C=O) groups is 6. The molecule has 0 bridgehead atoms. The quantitative estimate of drug-likeness (QED) is 0.120. The maximum atomic E-state index is 12.9. The Balaban J connectivity index is 2.98. The lowest BCUT2D eigenvalue weighted by Gasteiger charge is -2.26. The summed E-state index contributed by atoms with van der Waals surface area (Å²) < 4.78 is 0. The molecule has 5 amide bonds. The van der Waals surface area contributed by atoms with E-state index < -0.39 is 72.0 Å². The second-order valence-electron chi connectivity index (χ2n) is 8.25. The zero-order chi connectivity index (χ0) is 26.7. The fourth-order valence-corrected chi connectivity index (χ4v) is 3.01. The van der Waals surface area contributed by atoms with Crippen LogP contribution in [0.3, 0.4) is 0 Å². The molecule has 0 aliphatic heterocycles. The van der Waals surface area contributed by atoms with Gasteiger partial charge in [-0.15, -0.1) is 0 Å². The van der Waals surface area contributed by atoms with E-state index in [4.69, 9.17) is 17.2 Å². The van der Waals surface area contributed by atoms with Crippen LogP contribution in [0, 0.1) is 5.92 Å². The van der Waals surface area contributed by atoms with Crippen molar-refractivity contribution in [3.05, 3.63) is 18.2 Å². The van der Waals surface area contributed by atoms with E-state index in [9.17, 15) is 33.9 Å². The van der Waals surface area contributed by atoms with Crippen LogP contribution in [0.25, 0.3) is 0 Å². The van der Waals surface area contributed by atoms with Gasteiger partial charge in [0.1, 0.15) is 18.1 Å². The average Bonchev–Trinajstić information content (AvgIpc) is 3.26. The van der Waals surface area contributed by atoms with Gasteiger partial charge in [-0.05, 0) is 12.3 Å². The second kappa shape index (κ2) is 13.6. The van der Waals surface area contributed by atoms with E-state index in [1.165, 1.54) is 12.5 Å². The molecular weight excluding hydrogens is 464 g/mol. The van der Waals surface area contributed by atoms with E-state index in [2.05, 4.69) is 25.9 Å². The summed E-state index contributed by atoms with van der Waals surface area (Å²) in [7, 11) is 0. The standard InChI is InChI=1S/C20H32N8O7/c1-9(2)16(28-17(31)11(21)6-15(23)30)19(33)26-12(3-4-14(22)29)18(32)27-13(20(34)35)5-10-7-24-8-25-10/h7-9,11-13,16H,3-6,21H2,1-2H3,(H2,22,29)(H2,23,30)(H,24,25)(H,26,33)(H,27,32)(H,28,31)(H,34,35). The van der Waals surface area contributed by atoms with Crippen LogP contribution >= 0.6 is 0 Å². The summed E-state index contributed by atoms with van der Waals surface area (Å²) in [6.07, 6.45) is 1.70. The molecule has 15 heteroatoms. The van der Waals surface area contributed by atoms with E-state index in [-0.39, 0.29) is 19.3 Å². The normalized spacial score (nSPS) is 14.3. The molecule has 11 N–H and O–H groups in total. The highest BCUT2D eigenvalue weighted by molar-refractivity contribution is 5.95. The van der Waals surface area contributed by atoms with Gasteiger partial charge in [-0.2, -0.15) is 0 Å². The van der Waals surface area contributed by atoms with Gasteiger partial charge in [-0.25, -0.2) is 9.78 Å².